The largest absolute Gasteiger partial charge is 0.294 e. The molecule has 1 unspecified atom stereocenters. The lowest BCUT2D eigenvalue weighted by atomic mass is 10.8. The van der Waals surface area contributed by atoms with Crippen molar-refractivity contribution in [2.75, 3.05) is 5.75 Å². The quantitative estimate of drug-likeness (QED) is 0.359. The molecule has 0 saturated carbocycles. The van der Waals surface area contributed by atoms with Crippen molar-refractivity contribution in [2.45, 2.75) is 0 Å². The van der Waals surface area contributed by atoms with Crippen LogP contribution in [0.3, 0.4) is 0 Å². The average molecular weight is 170 g/mol. The number of rotatable bonds is 3. The van der Waals surface area contributed by atoms with Gasteiger partial charge in [0.15, 0.2) is 0 Å². The minimum Gasteiger partial charge on any atom is -0.294 e. The fraction of sp³-hybridized carbons (Fsp3) is 0.333. The first kappa shape index (κ1) is 8.80. The van der Waals surface area contributed by atoms with E-state index in [-0.39, 0.29) is 0 Å². The van der Waals surface area contributed by atoms with Crippen LogP contribution in [0.5, 0.6) is 0 Å². The van der Waals surface area contributed by atoms with Crippen molar-refractivity contribution < 1.29 is 17.2 Å². The highest BCUT2D eigenvalue weighted by Gasteiger charge is 2.14. The predicted octanol–water partition coefficient (Wildman–Crippen LogP) is -0.276. The van der Waals surface area contributed by atoms with E-state index >= 15 is 0 Å². The van der Waals surface area contributed by atoms with Crippen LogP contribution in [0.15, 0.2) is 12.7 Å². The molecular weight excluding hydrogens is 164 g/mol. The van der Waals surface area contributed by atoms with E-state index < -0.39 is 24.7 Å². The van der Waals surface area contributed by atoms with Crippen LogP contribution in [0.25, 0.3) is 0 Å². The summed E-state index contributed by atoms with van der Waals surface area (Å²) in [6.07, 6.45) is 1.06. The lowest BCUT2D eigenvalue weighted by molar-refractivity contribution is 0.563. The monoisotopic (exact) mass is 170 g/mol. The van der Waals surface area contributed by atoms with E-state index in [4.69, 9.17) is 4.55 Å². The van der Waals surface area contributed by atoms with E-state index in [2.05, 4.69) is 6.58 Å². The minimum absolute atomic E-state index is 0.462. The van der Waals surface area contributed by atoms with Crippen LogP contribution in [-0.4, -0.2) is 22.9 Å². The third-order valence-electron chi connectivity index (χ3n) is 0.539. The zero-order chi connectivity index (χ0) is 7.49. The molecule has 1 atom stereocenters. The van der Waals surface area contributed by atoms with Gasteiger partial charge < -0.3 is 0 Å². The molecule has 0 fully saturated rings. The van der Waals surface area contributed by atoms with E-state index in [0.717, 1.165) is 6.08 Å². The summed E-state index contributed by atoms with van der Waals surface area (Å²) < 4.78 is 38.6. The second kappa shape index (κ2) is 3.09. The summed E-state index contributed by atoms with van der Waals surface area (Å²) in [6, 6.07) is 0. The molecule has 0 aromatic carbocycles. The molecule has 0 amide bonds. The lowest BCUT2D eigenvalue weighted by Gasteiger charge is -1.89. The van der Waals surface area contributed by atoms with Gasteiger partial charge in [-0.05, 0) is 0 Å². The Morgan fingerprint density at radius 2 is 2.11 bits per heavy atom. The second-order valence-corrected chi connectivity index (χ2v) is 5.49. The van der Waals surface area contributed by atoms with Gasteiger partial charge in [-0.2, -0.15) is 0 Å². The summed E-state index contributed by atoms with van der Waals surface area (Å²) in [6.45, 7) is 3.10. The molecule has 0 aliphatic heterocycles. The summed E-state index contributed by atoms with van der Waals surface area (Å²) in [5, 5.41) is 0. The molecule has 54 valence electrons. The molecule has 0 bridgehead atoms. The molecule has 4 nitrogen and oxygen atoms in total. The highest BCUT2D eigenvalue weighted by atomic mass is 33.2. The van der Waals surface area contributed by atoms with Crippen molar-refractivity contribution in [3.05, 3.63) is 12.7 Å². The lowest BCUT2D eigenvalue weighted by Crippen LogP contribution is -2.09. The van der Waals surface area contributed by atoms with Crippen molar-refractivity contribution in [1.82, 2.24) is 0 Å². The van der Waals surface area contributed by atoms with Crippen molar-refractivity contribution in [3.8, 4) is 0 Å². The van der Waals surface area contributed by atoms with E-state index in [0.29, 0.717) is 0 Å². The summed E-state index contributed by atoms with van der Waals surface area (Å²) in [5.74, 6) is -0.462. The Morgan fingerprint density at radius 3 is 2.22 bits per heavy atom. The van der Waals surface area contributed by atoms with Gasteiger partial charge in [0.05, 0.1) is 5.75 Å². The molecule has 0 aromatic rings. The third-order valence-corrected chi connectivity index (χ3v) is 3.33. The predicted molar refractivity (Wildman–Crippen MR) is 34.8 cm³/mol. The van der Waals surface area contributed by atoms with Gasteiger partial charge in [0, 0.05) is 0 Å². The van der Waals surface area contributed by atoms with Crippen LogP contribution >= 0.6 is 0 Å². The van der Waals surface area contributed by atoms with Crippen LogP contribution in [0.1, 0.15) is 0 Å². The summed E-state index contributed by atoms with van der Waals surface area (Å²) in [4.78, 5) is 0. The van der Waals surface area contributed by atoms with Crippen molar-refractivity contribution >= 4 is 19.0 Å². The van der Waals surface area contributed by atoms with Crippen LogP contribution in [0.4, 0.5) is 0 Å². The van der Waals surface area contributed by atoms with E-state index in [1.165, 1.54) is 0 Å². The van der Waals surface area contributed by atoms with Crippen molar-refractivity contribution in [3.63, 3.8) is 0 Å². The standard InChI is InChI=1S/C3H6O4S2/c1-2-3-9(6,7)8(4)5/h2H,1,3H2,(H,4,5). The second-order valence-electron chi connectivity index (χ2n) is 1.23. The van der Waals surface area contributed by atoms with Crippen molar-refractivity contribution in [1.29, 1.82) is 0 Å². The molecule has 0 aliphatic carbocycles. The SMILES string of the molecule is C=CCS(=O)(=O)S(=O)O. The first-order chi connectivity index (χ1) is 4.00. The molecule has 9 heavy (non-hydrogen) atoms. The number of hydrogen-bond acceptors (Lipinski definition) is 3. The Hall–Kier alpha value is -0.200. The van der Waals surface area contributed by atoms with Gasteiger partial charge in [-0.25, -0.2) is 12.6 Å². The molecular formula is C3H6O4S2. The fourth-order valence-corrected chi connectivity index (χ4v) is 1.25. The highest BCUT2D eigenvalue weighted by molar-refractivity contribution is 8.62. The molecule has 0 heterocycles. The topological polar surface area (TPSA) is 71.4 Å². The van der Waals surface area contributed by atoms with Crippen LogP contribution in [0.2, 0.25) is 0 Å². The molecule has 0 aliphatic rings. The van der Waals surface area contributed by atoms with Gasteiger partial charge in [-0.15, -0.1) is 6.58 Å². The van der Waals surface area contributed by atoms with E-state index in [1.54, 1.807) is 0 Å². The molecule has 0 saturated heterocycles. The number of hydrogen-bond donors (Lipinski definition) is 1. The van der Waals surface area contributed by atoms with Gasteiger partial charge in [-0.3, -0.25) is 4.55 Å². The maximum absolute atomic E-state index is 10.3. The summed E-state index contributed by atoms with van der Waals surface area (Å²) in [5.41, 5.74) is 0. The Kier molecular flexibility index (Phi) is 3.02. The average Bonchev–Trinajstić information content (AvgIpc) is 1.65. The maximum atomic E-state index is 10.3. The maximum Gasteiger partial charge on any atom is 0.274 e. The van der Waals surface area contributed by atoms with Crippen LogP contribution < -0.4 is 0 Å². The van der Waals surface area contributed by atoms with Gasteiger partial charge in [0.2, 0.25) is 0 Å². The molecule has 6 heteroatoms. The molecule has 1 N–H and O–H groups in total. The van der Waals surface area contributed by atoms with Gasteiger partial charge in [0.1, 0.15) is 0 Å². The van der Waals surface area contributed by atoms with Crippen molar-refractivity contribution in [2.24, 2.45) is 0 Å². The Morgan fingerprint density at radius 1 is 1.67 bits per heavy atom. The van der Waals surface area contributed by atoms with Crippen LogP contribution in [-0.2, 0) is 19.0 Å². The van der Waals surface area contributed by atoms with Crippen LogP contribution in [0, 0.1) is 0 Å². The molecule has 0 spiro atoms. The normalized spacial score (nSPS) is 14.8. The van der Waals surface area contributed by atoms with E-state index in [1.807, 2.05) is 0 Å². The molecule has 0 aromatic heterocycles. The third kappa shape index (κ3) is 2.73. The summed E-state index contributed by atoms with van der Waals surface area (Å²) >= 11 is 0. The first-order valence-electron chi connectivity index (χ1n) is 1.95. The zero-order valence-corrected chi connectivity index (χ0v) is 6.11. The fourth-order valence-electron chi connectivity index (χ4n) is 0.203. The Balaban J connectivity index is 4.41. The van der Waals surface area contributed by atoms with Gasteiger partial charge in [-0.1, -0.05) is 6.08 Å². The smallest absolute Gasteiger partial charge is 0.274 e. The Bertz CT molecular complexity index is 214. The van der Waals surface area contributed by atoms with E-state index in [9.17, 15) is 12.6 Å². The first-order valence-corrected chi connectivity index (χ1v) is 5.23. The molecule has 0 rings (SSSR count). The summed E-state index contributed by atoms with van der Waals surface area (Å²) in [7, 11) is -6.61. The zero-order valence-electron chi connectivity index (χ0n) is 4.48. The Labute approximate surface area is 55.2 Å². The minimum atomic E-state index is -3.84. The van der Waals surface area contributed by atoms with Gasteiger partial charge in [0.25, 0.3) is 19.0 Å². The highest BCUT2D eigenvalue weighted by Crippen LogP contribution is 1.93. The molecule has 0 radical (unpaired) electrons. The van der Waals surface area contributed by atoms with Gasteiger partial charge >= 0.3 is 0 Å².